The lowest BCUT2D eigenvalue weighted by atomic mass is 10.1. The molecule has 6 nitrogen and oxygen atoms in total. The summed E-state index contributed by atoms with van der Waals surface area (Å²) >= 11 is 0. The number of likely N-dealkylation sites (tertiary alicyclic amines) is 1. The minimum atomic E-state index is -0.173. The van der Waals surface area contributed by atoms with E-state index in [4.69, 9.17) is 5.73 Å². The molecule has 0 spiro atoms. The predicted molar refractivity (Wildman–Crippen MR) is 79.7 cm³/mol. The number of piperidine rings is 1. The normalized spacial score (nSPS) is 20.3. The van der Waals surface area contributed by atoms with Gasteiger partial charge in [0.2, 0.25) is 0 Å². The minimum Gasteiger partial charge on any atom is -0.395 e. The Morgan fingerprint density at radius 3 is 2.95 bits per heavy atom. The maximum atomic E-state index is 12.3. The van der Waals surface area contributed by atoms with Crippen molar-refractivity contribution in [3.63, 3.8) is 0 Å². The molecule has 1 saturated heterocycles. The molecule has 0 bridgehead atoms. The number of hydrogen-bond donors (Lipinski definition) is 3. The highest BCUT2D eigenvalue weighted by Gasteiger charge is 2.24. The number of carbonyl (C=O) groups excluding carboxylic acids is 1. The molecule has 0 radical (unpaired) electrons. The Kier molecular flexibility index (Phi) is 4.65. The highest BCUT2D eigenvalue weighted by molar-refractivity contribution is 5.97. The van der Waals surface area contributed by atoms with Crippen molar-refractivity contribution < 1.29 is 4.79 Å². The maximum absolute atomic E-state index is 12.3. The molecule has 20 heavy (non-hydrogen) atoms. The molecule has 1 unspecified atom stereocenters. The first kappa shape index (κ1) is 14.8. The van der Waals surface area contributed by atoms with E-state index >= 15 is 0 Å². The highest BCUT2D eigenvalue weighted by Crippen LogP contribution is 2.22. The highest BCUT2D eigenvalue weighted by atomic mass is 16.2. The molecule has 1 aromatic rings. The summed E-state index contributed by atoms with van der Waals surface area (Å²) in [4.78, 5) is 14.6. The van der Waals surface area contributed by atoms with E-state index in [2.05, 4.69) is 27.3 Å². The van der Waals surface area contributed by atoms with Gasteiger partial charge < -0.3 is 16.0 Å². The van der Waals surface area contributed by atoms with Crippen molar-refractivity contribution in [3.8, 4) is 0 Å². The van der Waals surface area contributed by atoms with Crippen molar-refractivity contribution in [1.82, 2.24) is 20.4 Å². The number of amides is 1. The molecule has 1 aliphatic rings. The van der Waals surface area contributed by atoms with Crippen LogP contribution in [0.4, 0.5) is 5.69 Å². The van der Waals surface area contributed by atoms with E-state index in [0.29, 0.717) is 11.4 Å². The summed E-state index contributed by atoms with van der Waals surface area (Å²) in [5.41, 5.74) is 7.62. The number of anilines is 1. The molecule has 2 heterocycles. The minimum absolute atomic E-state index is 0.173. The van der Waals surface area contributed by atoms with Gasteiger partial charge in [0.1, 0.15) is 0 Å². The molecule has 1 aromatic heterocycles. The molecule has 6 heteroatoms. The predicted octanol–water partition coefficient (Wildman–Crippen LogP) is 1.33. The van der Waals surface area contributed by atoms with Crippen molar-refractivity contribution in [3.05, 3.63) is 11.4 Å². The molecule has 0 aliphatic carbocycles. The zero-order valence-corrected chi connectivity index (χ0v) is 12.6. The van der Waals surface area contributed by atoms with Crippen LogP contribution in [0.1, 0.15) is 55.7 Å². The number of rotatable bonds is 4. The third kappa shape index (κ3) is 3.12. The number of H-pyrrole nitrogens is 1. The largest absolute Gasteiger partial charge is 0.395 e. The first-order valence-electron chi connectivity index (χ1n) is 7.39. The fraction of sp³-hybridized carbons (Fsp3) is 0.714. The summed E-state index contributed by atoms with van der Waals surface area (Å²) in [5, 5.41) is 9.98. The van der Waals surface area contributed by atoms with E-state index in [0.717, 1.165) is 38.2 Å². The fourth-order valence-electron chi connectivity index (χ4n) is 2.69. The van der Waals surface area contributed by atoms with Crippen LogP contribution in [-0.4, -0.2) is 46.7 Å². The monoisotopic (exact) mass is 279 g/mol. The van der Waals surface area contributed by atoms with Gasteiger partial charge in [-0.05, 0) is 31.8 Å². The van der Waals surface area contributed by atoms with Crippen molar-refractivity contribution in [2.45, 2.75) is 45.6 Å². The summed E-state index contributed by atoms with van der Waals surface area (Å²) < 4.78 is 0. The van der Waals surface area contributed by atoms with E-state index in [-0.39, 0.29) is 17.9 Å². The van der Waals surface area contributed by atoms with Crippen LogP contribution in [0.15, 0.2) is 0 Å². The number of carbonyl (C=O) groups is 1. The van der Waals surface area contributed by atoms with E-state index < -0.39 is 0 Å². The molecule has 0 aromatic carbocycles. The van der Waals surface area contributed by atoms with E-state index in [1.807, 2.05) is 13.8 Å². The van der Waals surface area contributed by atoms with E-state index in [1.54, 1.807) is 0 Å². The van der Waals surface area contributed by atoms with Gasteiger partial charge in [-0.3, -0.25) is 9.89 Å². The van der Waals surface area contributed by atoms with Gasteiger partial charge in [-0.2, -0.15) is 5.10 Å². The number of nitrogens with one attached hydrogen (secondary N) is 2. The van der Waals surface area contributed by atoms with Gasteiger partial charge in [-0.1, -0.05) is 20.8 Å². The molecular formula is C14H25N5O. The first-order valence-corrected chi connectivity index (χ1v) is 7.39. The molecular weight excluding hydrogens is 254 g/mol. The van der Waals surface area contributed by atoms with Gasteiger partial charge in [0, 0.05) is 12.6 Å². The van der Waals surface area contributed by atoms with Crippen molar-refractivity contribution in [2.24, 2.45) is 0 Å². The summed E-state index contributed by atoms with van der Waals surface area (Å²) in [5.74, 6) is 0.0583. The van der Waals surface area contributed by atoms with Crippen molar-refractivity contribution >= 4 is 11.6 Å². The van der Waals surface area contributed by atoms with E-state index in [9.17, 15) is 4.79 Å². The molecule has 1 fully saturated rings. The summed E-state index contributed by atoms with van der Waals surface area (Å²) in [6, 6.07) is 0.190. The average Bonchev–Trinajstić information content (AvgIpc) is 2.81. The van der Waals surface area contributed by atoms with Gasteiger partial charge in [-0.25, -0.2) is 0 Å². The second-order valence-corrected chi connectivity index (χ2v) is 5.76. The second kappa shape index (κ2) is 6.26. The molecule has 1 atom stereocenters. The third-order valence-electron chi connectivity index (χ3n) is 3.91. The maximum Gasteiger partial charge on any atom is 0.274 e. The number of nitrogens with zero attached hydrogens (tertiary/aromatic N) is 2. The van der Waals surface area contributed by atoms with Crippen LogP contribution in [0.25, 0.3) is 0 Å². The number of nitrogens with two attached hydrogens (primary N) is 1. The standard InChI is InChI=1S/C14H25N5O/c1-4-19-7-5-6-10(8-19)16-14(20)13-11(15)12(9(2)3)17-18-13/h9-10H,4-8,15H2,1-3H3,(H,16,20)(H,17,18). The Morgan fingerprint density at radius 2 is 2.35 bits per heavy atom. The van der Waals surface area contributed by atoms with Gasteiger partial charge in [0.05, 0.1) is 11.4 Å². The third-order valence-corrected chi connectivity index (χ3v) is 3.91. The Labute approximate surface area is 120 Å². The van der Waals surface area contributed by atoms with Crippen LogP contribution in [0.3, 0.4) is 0 Å². The first-order chi connectivity index (χ1) is 9.52. The lowest BCUT2D eigenvalue weighted by Gasteiger charge is -2.32. The molecule has 112 valence electrons. The van der Waals surface area contributed by atoms with Crippen LogP contribution >= 0.6 is 0 Å². The zero-order valence-electron chi connectivity index (χ0n) is 12.6. The quantitative estimate of drug-likeness (QED) is 0.776. The number of aromatic amines is 1. The lowest BCUT2D eigenvalue weighted by Crippen LogP contribution is -2.47. The van der Waals surface area contributed by atoms with Gasteiger partial charge in [0.25, 0.3) is 5.91 Å². The molecule has 0 saturated carbocycles. The van der Waals surface area contributed by atoms with Gasteiger partial charge in [0.15, 0.2) is 5.69 Å². The Bertz CT molecular complexity index is 468. The van der Waals surface area contributed by atoms with Gasteiger partial charge >= 0.3 is 0 Å². The number of aromatic nitrogens is 2. The fourth-order valence-corrected chi connectivity index (χ4v) is 2.69. The van der Waals surface area contributed by atoms with Crippen LogP contribution < -0.4 is 11.1 Å². The lowest BCUT2D eigenvalue weighted by molar-refractivity contribution is 0.0901. The van der Waals surface area contributed by atoms with Crippen molar-refractivity contribution in [1.29, 1.82) is 0 Å². The second-order valence-electron chi connectivity index (χ2n) is 5.76. The number of hydrogen-bond acceptors (Lipinski definition) is 4. The van der Waals surface area contributed by atoms with E-state index in [1.165, 1.54) is 0 Å². The average molecular weight is 279 g/mol. The number of nitrogen functional groups attached to an aromatic ring is 1. The van der Waals surface area contributed by atoms with Crippen LogP contribution in [-0.2, 0) is 0 Å². The topological polar surface area (TPSA) is 87.0 Å². The Balaban J connectivity index is 2.01. The summed E-state index contributed by atoms with van der Waals surface area (Å²) in [6.07, 6.45) is 2.13. The van der Waals surface area contributed by atoms with Crippen LogP contribution in [0, 0.1) is 0 Å². The number of likely N-dealkylation sites (N-methyl/N-ethyl adjacent to an activating group) is 1. The molecule has 4 N–H and O–H groups in total. The van der Waals surface area contributed by atoms with Crippen LogP contribution in [0.5, 0.6) is 0 Å². The summed E-state index contributed by atoms with van der Waals surface area (Å²) in [7, 11) is 0. The zero-order chi connectivity index (χ0) is 14.7. The summed E-state index contributed by atoms with van der Waals surface area (Å²) in [6.45, 7) is 9.23. The molecule has 1 amide bonds. The van der Waals surface area contributed by atoms with Crippen LogP contribution in [0.2, 0.25) is 0 Å². The SMILES string of the molecule is CCN1CCCC(NC(=O)c2n[nH]c(C(C)C)c2N)C1. The molecule has 1 aliphatic heterocycles. The van der Waals surface area contributed by atoms with Gasteiger partial charge in [-0.15, -0.1) is 0 Å². The van der Waals surface area contributed by atoms with Crippen molar-refractivity contribution in [2.75, 3.05) is 25.4 Å². The smallest absolute Gasteiger partial charge is 0.274 e. The Hall–Kier alpha value is -1.56. The Morgan fingerprint density at radius 1 is 1.60 bits per heavy atom. The molecule has 2 rings (SSSR count).